The Hall–Kier alpha value is -2.15. The molecule has 2 fully saturated rings. The summed E-state index contributed by atoms with van der Waals surface area (Å²) in [6.07, 6.45) is 6.58. The van der Waals surface area contributed by atoms with Crippen LogP contribution in [-0.2, 0) is 9.59 Å². The van der Waals surface area contributed by atoms with Gasteiger partial charge in [0.2, 0.25) is 0 Å². The van der Waals surface area contributed by atoms with Crippen LogP contribution in [0.15, 0.2) is 33.9 Å². The zero-order chi connectivity index (χ0) is 20.9. The first-order valence-corrected chi connectivity index (χ1v) is 10.7. The second-order valence-electron chi connectivity index (χ2n) is 8.71. The molecule has 6 nitrogen and oxygen atoms in total. The van der Waals surface area contributed by atoms with Crippen molar-refractivity contribution in [1.29, 1.82) is 0 Å². The van der Waals surface area contributed by atoms with Gasteiger partial charge in [-0.25, -0.2) is 0 Å². The van der Waals surface area contributed by atoms with E-state index in [2.05, 4.69) is 33.2 Å². The third-order valence-corrected chi connectivity index (χ3v) is 6.10. The van der Waals surface area contributed by atoms with E-state index >= 15 is 0 Å². The van der Waals surface area contributed by atoms with Crippen molar-refractivity contribution in [2.75, 3.05) is 6.61 Å². The van der Waals surface area contributed by atoms with Crippen molar-refractivity contribution < 1.29 is 19.1 Å². The maximum absolute atomic E-state index is 12.8. The average Bonchev–Trinajstić information content (AvgIpc) is 3.30. The molecule has 1 saturated heterocycles. The number of carbonyl (C=O) groups excluding carboxylic acids is 2. The first-order valence-electron chi connectivity index (χ1n) is 9.95. The van der Waals surface area contributed by atoms with E-state index in [0.717, 1.165) is 15.9 Å². The quantitative estimate of drug-likeness (QED) is 0.375. The monoisotopic (exact) mass is 460 g/mol. The predicted octanol–water partition coefficient (Wildman–Crippen LogP) is 4.17. The maximum atomic E-state index is 12.8. The van der Waals surface area contributed by atoms with E-state index in [4.69, 9.17) is 9.47 Å². The second-order valence-corrected chi connectivity index (χ2v) is 9.56. The molecule has 2 amide bonds. The van der Waals surface area contributed by atoms with Gasteiger partial charge in [-0.05, 0) is 79.6 Å². The van der Waals surface area contributed by atoms with Crippen LogP contribution in [0.4, 0.5) is 0 Å². The molecule has 1 aromatic rings. The van der Waals surface area contributed by atoms with Crippen LogP contribution in [0.5, 0.6) is 11.5 Å². The van der Waals surface area contributed by atoms with E-state index in [1.165, 1.54) is 6.21 Å². The van der Waals surface area contributed by atoms with Crippen LogP contribution in [-0.4, -0.2) is 35.2 Å². The van der Waals surface area contributed by atoms with Gasteiger partial charge in [0, 0.05) is 0 Å². The SMILES string of the molecule is CCOc1cc(C=NN2C(=O)C3C4C=CC(C4)C3C2=O)cc(Br)c1OC(C)(C)C. The van der Waals surface area contributed by atoms with E-state index in [1.54, 1.807) is 6.07 Å². The molecular formula is C22H25BrN2O4. The smallest absolute Gasteiger partial charge is 0.254 e. The fraction of sp³-hybridized carbons (Fsp3) is 0.500. The number of halogens is 1. The standard InChI is InChI=1S/C22H25BrN2O4/c1-5-28-16-9-12(8-15(23)19(16)29-22(2,3)4)11-24-25-20(26)17-13-6-7-14(10-13)18(17)21(25)27/h6-9,11,13-14,17-18H,5,10H2,1-4H3. The van der Waals surface area contributed by atoms with Crippen molar-refractivity contribution in [2.24, 2.45) is 28.8 Å². The van der Waals surface area contributed by atoms with Crippen LogP contribution in [0.25, 0.3) is 0 Å². The zero-order valence-corrected chi connectivity index (χ0v) is 18.6. The van der Waals surface area contributed by atoms with Crippen LogP contribution >= 0.6 is 15.9 Å². The number of rotatable bonds is 5. The number of amides is 2. The summed E-state index contributed by atoms with van der Waals surface area (Å²) in [5.74, 6) is 0.669. The number of hydrogen-bond acceptors (Lipinski definition) is 5. The Labute approximate surface area is 179 Å². The fourth-order valence-corrected chi connectivity index (χ4v) is 5.00. The third-order valence-electron chi connectivity index (χ3n) is 5.51. The molecule has 1 heterocycles. The normalized spacial score (nSPS) is 28.0. The van der Waals surface area contributed by atoms with Gasteiger partial charge in [0.15, 0.2) is 11.5 Å². The summed E-state index contributed by atoms with van der Waals surface area (Å²) in [6.45, 7) is 8.28. The lowest BCUT2D eigenvalue weighted by Crippen LogP contribution is -2.28. The molecule has 3 aliphatic rings. The number of allylic oxidation sites excluding steroid dienone is 2. The summed E-state index contributed by atoms with van der Waals surface area (Å²) >= 11 is 3.54. The van der Waals surface area contributed by atoms with Gasteiger partial charge in [0.25, 0.3) is 11.8 Å². The highest BCUT2D eigenvalue weighted by Crippen LogP contribution is 2.52. The molecule has 7 heteroatoms. The zero-order valence-electron chi connectivity index (χ0n) is 17.0. The fourth-order valence-electron chi connectivity index (χ4n) is 4.46. The number of imide groups is 1. The minimum absolute atomic E-state index is 0.175. The summed E-state index contributed by atoms with van der Waals surface area (Å²) < 4.78 is 12.5. The summed E-state index contributed by atoms with van der Waals surface area (Å²) in [5.41, 5.74) is 0.323. The van der Waals surface area contributed by atoms with Crippen LogP contribution in [0.1, 0.15) is 39.7 Å². The highest BCUT2D eigenvalue weighted by Gasteiger charge is 2.59. The van der Waals surface area contributed by atoms with Crippen molar-refractivity contribution in [2.45, 2.75) is 39.7 Å². The Morgan fingerprint density at radius 2 is 1.79 bits per heavy atom. The molecule has 4 unspecified atom stereocenters. The van der Waals surface area contributed by atoms with Gasteiger partial charge in [-0.1, -0.05) is 12.2 Å². The highest BCUT2D eigenvalue weighted by molar-refractivity contribution is 9.10. The highest BCUT2D eigenvalue weighted by atomic mass is 79.9. The van der Waals surface area contributed by atoms with Crippen LogP contribution in [0.2, 0.25) is 0 Å². The first kappa shape index (κ1) is 20.1. The van der Waals surface area contributed by atoms with Crippen molar-refractivity contribution in [3.8, 4) is 11.5 Å². The number of fused-ring (bicyclic) bond motifs is 5. The van der Waals surface area contributed by atoms with Crippen molar-refractivity contribution in [3.05, 3.63) is 34.3 Å². The number of benzene rings is 1. The van der Waals surface area contributed by atoms with E-state index in [1.807, 2.05) is 33.8 Å². The molecule has 0 spiro atoms. The Bertz CT molecular complexity index is 888. The van der Waals surface area contributed by atoms with Gasteiger partial charge >= 0.3 is 0 Å². The number of hydrogen-bond donors (Lipinski definition) is 0. The number of hydrazone groups is 1. The first-order chi connectivity index (χ1) is 13.7. The molecule has 29 heavy (non-hydrogen) atoms. The molecule has 4 rings (SSSR count). The Morgan fingerprint density at radius 1 is 1.17 bits per heavy atom. The van der Waals surface area contributed by atoms with Gasteiger partial charge in [-0.3, -0.25) is 9.59 Å². The molecular weight excluding hydrogens is 436 g/mol. The van der Waals surface area contributed by atoms with E-state index in [-0.39, 0.29) is 41.1 Å². The topological polar surface area (TPSA) is 68.2 Å². The number of carbonyl (C=O) groups is 2. The van der Waals surface area contributed by atoms with Gasteiger partial charge in [-0.15, -0.1) is 0 Å². The van der Waals surface area contributed by atoms with Crippen molar-refractivity contribution in [3.63, 3.8) is 0 Å². The van der Waals surface area contributed by atoms with E-state index in [9.17, 15) is 9.59 Å². The van der Waals surface area contributed by atoms with Crippen molar-refractivity contribution in [1.82, 2.24) is 5.01 Å². The maximum Gasteiger partial charge on any atom is 0.254 e. The molecule has 1 aromatic carbocycles. The van der Waals surface area contributed by atoms with Crippen LogP contribution in [0, 0.1) is 23.7 Å². The molecule has 1 saturated carbocycles. The number of nitrogens with zero attached hydrogens (tertiary/aromatic N) is 2. The minimum Gasteiger partial charge on any atom is -0.490 e. The van der Waals surface area contributed by atoms with Crippen molar-refractivity contribution >= 4 is 34.0 Å². The largest absolute Gasteiger partial charge is 0.490 e. The third kappa shape index (κ3) is 3.61. The molecule has 154 valence electrons. The lowest BCUT2D eigenvalue weighted by Gasteiger charge is -2.24. The van der Waals surface area contributed by atoms with Gasteiger partial charge in [0.1, 0.15) is 5.60 Å². The molecule has 4 atom stereocenters. The minimum atomic E-state index is -0.385. The van der Waals surface area contributed by atoms with Crippen LogP contribution < -0.4 is 9.47 Å². The summed E-state index contributed by atoms with van der Waals surface area (Å²) in [6, 6.07) is 3.64. The molecule has 1 aliphatic heterocycles. The molecule has 2 bridgehead atoms. The van der Waals surface area contributed by atoms with Gasteiger partial charge < -0.3 is 9.47 Å². The van der Waals surface area contributed by atoms with E-state index in [0.29, 0.717) is 23.7 Å². The summed E-state index contributed by atoms with van der Waals surface area (Å²) in [5, 5.41) is 5.30. The molecule has 0 aromatic heterocycles. The predicted molar refractivity (Wildman–Crippen MR) is 113 cm³/mol. The Morgan fingerprint density at radius 3 is 2.34 bits per heavy atom. The van der Waals surface area contributed by atoms with Gasteiger partial charge in [-0.2, -0.15) is 10.1 Å². The van der Waals surface area contributed by atoms with Gasteiger partial charge in [0.05, 0.1) is 29.1 Å². The lowest BCUT2D eigenvalue weighted by molar-refractivity contribution is -0.140. The number of ether oxygens (including phenoxy) is 2. The Balaban J connectivity index is 1.59. The van der Waals surface area contributed by atoms with E-state index < -0.39 is 0 Å². The summed E-state index contributed by atoms with van der Waals surface area (Å²) in [7, 11) is 0. The average molecular weight is 461 g/mol. The lowest BCUT2D eigenvalue weighted by atomic mass is 9.85. The molecule has 0 radical (unpaired) electrons. The Kier molecular flexibility index (Phi) is 5.05. The molecule has 2 aliphatic carbocycles. The summed E-state index contributed by atoms with van der Waals surface area (Å²) in [4.78, 5) is 25.5. The molecule has 0 N–H and O–H groups in total. The second kappa shape index (κ2) is 7.27. The van der Waals surface area contributed by atoms with Crippen LogP contribution in [0.3, 0.4) is 0 Å².